The summed E-state index contributed by atoms with van der Waals surface area (Å²) in [5, 5.41) is 52.2. The summed E-state index contributed by atoms with van der Waals surface area (Å²) in [6, 6.07) is 0. The third-order valence-corrected chi connectivity index (χ3v) is 1.51. The molecule has 0 spiro atoms. The topological polar surface area (TPSA) is 121 Å². The van der Waals surface area contributed by atoms with Gasteiger partial charge in [-0.3, -0.25) is 0 Å². The van der Waals surface area contributed by atoms with Crippen LogP contribution in [0.4, 0.5) is 0 Å². The number of aliphatic hydroxyl groups excluding tert-OH is 6. The normalized spacial score (nSPS) is 19.8. The number of rotatable bonds is 5. The van der Waals surface area contributed by atoms with Gasteiger partial charge in [0, 0.05) is 0 Å². The monoisotopic (exact) mass is 190 g/mol. The summed E-state index contributed by atoms with van der Waals surface area (Å²) in [5.74, 6) is 0. The van der Waals surface area contributed by atoms with Crippen LogP contribution in [0, 0.1) is 0 Å². The van der Waals surface area contributed by atoms with Crippen molar-refractivity contribution in [1.29, 1.82) is 0 Å². The van der Waals surface area contributed by atoms with E-state index in [1.165, 1.54) is 0 Å². The number of hydrogen-bond donors (Lipinski definition) is 6. The predicted molar refractivity (Wildman–Crippen MR) is 45.3 cm³/mol. The van der Waals surface area contributed by atoms with E-state index < -0.39 is 37.6 Å². The minimum atomic E-state index is -1.67. The van der Waals surface area contributed by atoms with Crippen LogP contribution in [0.5, 0.6) is 0 Å². The molecule has 0 aromatic rings. The molecule has 0 saturated heterocycles. The third-order valence-electron chi connectivity index (χ3n) is 1.51. The summed E-state index contributed by atoms with van der Waals surface area (Å²) in [5.41, 5.74) is 0. The molecule has 0 bridgehead atoms. The quantitative estimate of drug-likeness (QED) is 0.244. The molecule has 0 amide bonds. The summed E-state index contributed by atoms with van der Waals surface area (Å²) in [6.07, 6.45) is -6.39. The van der Waals surface area contributed by atoms with Gasteiger partial charge in [0.25, 0.3) is 0 Å². The molecule has 0 rings (SSSR count). The zero-order valence-corrected chi connectivity index (χ0v) is 6.41. The van der Waals surface area contributed by atoms with Crippen LogP contribution < -0.4 is 0 Å². The van der Waals surface area contributed by atoms with Crippen LogP contribution in [0.1, 0.15) is 0 Å². The first kappa shape index (κ1) is 15.8. The molecular weight excluding hydrogens is 175 g/mol. The molecule has 0 radical (unpaired) electrons. The second kappa shape index (κ2) is 7.73. The van der Waals surface area contributed by atoms with Crippen molar-refractivity contribution < 1.29 is 30.6 Å². The van der Waals surface area contributed by atoms with Crippen LogP contribution >= 0.6 is 0 Å². The molecule has 0 aliphatic carbocycles. The van der Waals surface area contributed by atoms with Gasteiger partial charge in [-0.25, -0.2) is 0 Å². The minimum absolute atomic E-state index is 0. The summed E-state index contributed by atoms with van der Waals surface area (Å²) < 4.78 is 0. The molecule has 0 saturated carbocycles. The van der Waals surface area contributed by atoms with E-state index in [4.69, 9.17) is 30.6 Å². The van der Waals surface area contributed by atoms with Gasteiger partial charge in [0.1, 0.15) is 24.4 Å². The van der Waals surface area contributed by atoms with Crippen LogP contribution in [0.25, 0.3) is 0 Å². The molecule has 0 fully saturated rings. The Kier molecular flexibility index (Phi) is 9.41. The Hall–Kier alpha value is 0.357. The molecule has 7 heteroatoms. The van der Waals surface area contributed by atoms with Crippen molar-refractivity contribution in [1.82, 2.24) is 0 Å². The second-order valence-corrected chi connectivity index (χ2v) is 2.48. The van der Waals surface area contributed by atoms with Crippen molar-refractivity contribution in [3.05, 3.63) is 0 Å². The second-order valence-electron chi connectivity index (χ2n) is 2.48. The molecule has 0 aliphatic heterocycles. The SMILES string of the molecule is OC[C@@H](O)[C@@H](O)[C@H](O)[C@@H](O)CO.[LiH]. The third kappa shape index (κ3) is 4.95. The van der Waals surface area contributed by atoms with Crippen LogP contribution in [0.3, 0.4) is 0 Å². The summed E-state index contributed by atoms with van der Waals surface area (Å²) in [6.45, 7) is -1.45. The molecule has 6 nitrogen and oxygen atoms in total. The standard InChI is InChI=1S/C6H14O6.Li.H/c7-1-3(9)5(11)6(12)4(10)2-8;;/h3-12H,1-2H2;;/t3-,4+,5-,6-;;/m1../s1. The zero-order chi connectivity index (χ0) is 9.72. The molecule has 76 valence electrons. The summed E-state index contributed by atoms with van der Waals surface area (Å²) in [4.78, 5) is 0. The fourth-order valence-electron chi connectivity index (χ4n) is 0.671. The van der Waals surface area contributed by atoms with Crippen LogP contribution in [0.2, 0.25) is 0 Å². The van der Waals surface area contributed by atoms with E-state index in [0.717, 1.165) is 0 Å². The average molecular weight is 190 g/mol. The van der Waals surface area contributed by atoms with Crippen molar-refractivity contribution in [2.24, 2.45) is 0 Å². The van der Waals surface area contributed by atoms with Gasteiger partial charge in [-0.2, -0.15) is 0 Å². The van der Waals surface area contributed by atoms with Crippen molar-refractivity contribution in [3.63, 3.8) is 0 Å². The van der Waals surface area contributed by atoms with Gasteiger partial charge in [0.05, 0.1) is 13.2 Å². The summed E-state index contributed by atoms with van der Waals surface area (Å²) in [7, 11) is 0. The van der Waals surface area contributed by atoms with Crippen molar-refractivity contribution in [2.45, 2.75) is 24.4 Å². The van der Waals surface area contributed by atoms with Gasteiger partial charge in [-0.1, -0.05) is 0 Å². The molecule has 0 unspecified atom stereocenters. The molecule has 0 aromatic carbocycles. The van der Waals surface area contributed by atoms with Gasteiger partial charge in [0.2, 0.25) is 0 Å². The first-order chi connectivity index (χ1) is 5.54. The van der Waals surface area contributed by atoms with Gasteiger partial charge >= 0.3 is 18.9 Å². The molecule has 0 heterocycles. The predicted octanol–water partition coefficient (Wildman–Crippen LogP) is -4.23. The van der Waals surface area contributed by atoms with E-state index in [9.17, 15) is 0 Å². The van der Waals surface area contributed by atoms with Crippen LogP contribution in [0.15, 0.2) is 0 Å². The van der Waals surface area contributed by atoms with Gasteiger partial charge in [-0.05, 0) is 0 Å². The van der Waals surface area contributed by atoms with Gasteiger partial charge in [-0.15, -0.1) is 0 Å². The Labute approximate surface area is 87.6 Å². The van der Waals surface area contributed by atoms with Crippen molar-refractivity contribution in [2.75, 3.05) is 13.2 Å². The maximum atomic E-state index is 8.96. The van der Waals surface area contributed by atoms with Crippen molar-refractivity contribution >= 4 is 18.9 Å². The van der Waals surface area contributed by atoms with E-state index in [1.807, 2.05) is 0 Å². The van der Waals surface area contributed by atoms with E-state index in [1.54, 1.807) is 0 Å². The number of aliphatic hydroxyl groups is 6. The molecule has 6 N–H and O–H groups in total. The first-order valence-corrected chi connectivity index (χ1v) is 3.48. The molecule has 0 aliphatic rings. The van der Waals surface area contributed by atoms with Crippen LogP contribution in [-0.2, 0) is 0 Å². The van der Waals surface area contributed by atoms with E-state index in [-0.39, 0.29) is 18.9 Å². The molecule has 0 aromatic heterocycles. The Morgan fingerprint density at radius 2 is 0.923 bits per heavy atom. The van der Waals surface area contributed by atoms with Crippen LogP contribution in [-0.4, -0.2) is 87.1 Å². The number of hydrogen-bond acceptors (Lipinski definition) is 6. The van der Waals surface area contributed by atoms with Gasteiger partial charge < -0.3 is 30.6 Å². The molecular formula is C6H15LiO6. The Bertz CT molecular complexity index is 110. The Morgan fingerprint density at radius 3 is 1.08 bits per heavy atom. The Morgan fingerprint density at radius 1 is 0.692 bits per heavy atom. The van der Waals surface area contributed by atoms with E-state index in [2.05, 4.69) is 0 Å². The summed E-state index contributed by atoms with van der Waals surface area (Å²) >= 11 is 0. The fourth-order valence-corrected chi connectivity index (χ4v) is 0.671. The zero-order valence-electron chi connectivity index (χ0n) is 6.41. The van der Waals surface area contributed by atoms with E-state index in [0.29, 0.717) is 0 Å². The van der Waals surface area contributed by atoms with E-state index >= 15 is 0 Å². The van der Waals surface area contributed by atoms with Crippen molar-refractivity contribution in [3.8, 4) is 0 Å². The first-order valence-electron chi connectivity index (χ1n) is 3.48. The Balaban J connectivity index is 0. The van der Waals surface area contributed by atoms with Gasteiger partial charge in [0.15, 0.2) is 0 Å². The molecule has 13 heavy (non-hydrogen) atoms. The average Bonchev–Trinajstić information content (AvgIpc) is 2.12. The molecule has 4 atom stereocenters. The maximum absolute atomic E-state index is 8.96. The fraction of sp³-hybridized carbons (Fsp3) is 1.00.